The van der Waals surface area contributed by atoms with Gasteiger partial charge in [0, 0.05) is 18.8 Å². The highest BCUT2D eigenvalue weighted by Crippen LogP contribution is 2.30. The fraction of sp³-hybridized carbons (Fsp3) is 0.294. The van der Waals surface area contributed by atoms with Gasteiger partial charge in [-0.15, -0.1) is 0 Å². The molecule has 0 aliphatic rings. The molecule has 0 saturated heterocycles. The minimum atomic E-state index is -4.53. The molecule has 2 rings (SSSR count). The monoisotopic (exact) mass is 338 g/mol. The second-order valence-corrected chi connectivity index (χ2v) is 5.26. The Labute approximate surface area is 137 Å². The first-order valence-electron chi connectivity index (χ1n) is 7.19. The molecule has 1 amide bonds. The second-order valence-electron chi connectivity index (χ2n) is 5.26. The summed E-state index contributed by atoms with van der Waals surface area (Å²) >= 11 is 0. The number of aromatic nitrogens is 1. The molecule has 24 heavy (non-hydrogen) atoms. The Bertz CT molecular complexity index is 715. The summed E-state index contributed by atoms with van der Waals surface area (Å²) in [5, 5.41) is 0. The first-order valence-corrected chi connectivity index (χ1v) is 7.19. The Kier molecular flexibility index (Phi) is 5.11. The third-order valence-corrected chi connectivity index (χ3v) is 3.79. The van der Waals surface area contributed by atoms with Crippen molar-refractivity contribution in [1.29, 1.82) is 0 Å². The normalized spacial score (nSPS) is 12.6. The van der Waals surface area contributed by atoms with Crippen LogP contribution in [-0.4, -0.2) is 29.9 Å². The van der Waals surface area contributed by atoms with Crippen LogP contribution in [0.25, 0.3) is 0 Å². The van der Waals surface area contributed by atoms with E-state index in [1.165, 1.54) is 12.0 Å². The van der Waals surface area contributed by atoms with Gasteiger partial charge in [-0.25, -0.2) is 0 Å². The minimum absolute atomic E-state index is 0.0900. The van der Waals surface area contributed by atoms with Crippen molar-refractivity contribution in [2.24, 2.45) is 0 Å². The van der Waals surface area contributed by atoms with Crippen LogP contribution in [0.4, 0.5) is 13.2 Å². The van der Waals surface area contributed by atoms with E-state index in [1.54, 1.807) is 13.1 Å². The van der Waals surface area contributed by atoms with Crippen LogP contribution in [0.5, 0.6) is 5.75 Å². The van der Waals surface area contributed by atoms with E-state index in [9.17, 15) is 18.0 Å². The lowest BCUT2D eigenvalue weighted by Crippen LogP contribution is -2.30. The van der Waals surface area contributed by atoms with Crippen molar-refractivity contribution in [2.45, 2.75) is 19.1 Å². The Morgan fingerprint density at radius 1 is 1.21 bits per heavy atom. The Balaban J connectivity index is 2.22. The molecule has 0 N–H and O–H groups in total. The zero-order chi connectivity index (χ0) is 17.9. The molecule has 0 bridgehead atoms. The number of pyridine rings is 1. The molecule has 0 aliphatic heterocycles. The molecule has 0 saturated carbocycles. The lowest BCUT2D eigenvalue weighted by atomic mass is 10.1. The summed E-state index contributed by atoms with van der Waals surface area (Å²) in [5.74, 6) is 0.213. The highest BCUT2D eigenvalue weighted by Gasteiger charge is 2.32. The molecule has 1 aromatic carbocycles. The number of benzene rings is 1. The molecular formula is C17H17F3N2O2. The number of rotatable bonds is 4. The first-order chi connectivity index (χ1) is 11.3. The maximum atomic E-state index is 12.5. The Morgan fingerprint density at radius 2 is 1.88 bits per heavy atom. The van der Waals surface area contributed by atoms with Crippen LogP contribution in [0.1, 0.15) is 34.6 Å². The third-order valence-electron chi connectivity index (χ3n) is 3.79. The lowest BCUT2D eigenvalue weighted by Gasteiger charge is -2.26. The summed E-state index contributed by atoms with van der Waals surface area (Å²) in [5.41, 5.74) is -0.137. The van der Waals surface area contributed by atoms with Gasteiger partial charge in [-0.3, -0.25) is 9.78 Å². The van der Waals surface area contributed by atoms with Gasteiger partial charge in [-0.2, -0.15) is 13.2 Å². The van der Waals surface area contributed by atoms with Gasteiger partial charge in [-0.1, -0.05) is 18.2 Å². The Morgan fingerprint density at radius 3 is 2.42 bits per heavy atom. The number of hydrogen-bond acceptors (Lipinski definition) is 3. The largest absolute Gasteiger partial charge is 0.496 e. The summed E-state index contributed by atoms with van der Waals surface area (Å²) in [6.07, 6.45) is -3.59. The van der Waals surface area contributed by atoms with Crippen LogP contribution >= 0.6 is 0 Å². The molecule has 1 unspecified atom stereocenters. The smallest absolute Gasteiger partial charge is 0.433 e. The zero-order valence-corrected chi connectivity index (χ0v) is 13.5. The van der Waals surface area contributed by atoms with Crippen molar-refractivity contribution in [3.05, 3.63) is 59.4 Å². The molecule has 7 heteroatoms. The molecule has 0 fully saturated rings. The van der Waals surface area contributed by atoms with Gasteiger partial charge in [0.15, 0.2) is 0 Å². The molecule has 0 spiro atoms. The van der Waals surface area contributed by atoms with Gasteiger partial charge in [0.25, 0.3) is 5.91 Å². The number of amides is 1. The number of alkyl halides is 3. The number of para-hydroxylation sites is 1. The average Bonchev–Trinajstić information content (AvgIpc) is 2.59. The summed E-state index contributed by atoms with van der Waals surface area (Å²) in [7, 11) is 3.12. The summed E-state index contributed by atoms with van der Waals surface area (Å²) in [4.78, 5) is 17.2. The molecule has 1 atom stereocenters. The van der Waals surface area contributed by atoms with Crippen molar-refractivity contribution < 1.29 is 22.7 Å². The molecule has 4 nitrogen and oxygen atoms in total. The number of ether oxygens (including phenoxy) is 1. The van der Waals surface area contributed by atoms with Gasteiger partial charge >= 0.3 is 6.18 Å². The highest BCUT2D eigenvalue weighted by molar-refractivity contribution is 5.94. The van der Waals surface area contributed by atoms with E-state index < -0.39 is 17.8 Å². The molecule has 0 aliphatic carbocycles. The van der Waals surface area contributed by atoms with Crippen LogP contribution in [0, 0.1) is 0 Å². The number of carbonyl (C=O) groups is 1. The molecular weight excluding hydrogens is 321 g/mol. The predicted molar refractivity (Wildman–Crippen MR) is 82.7 cm³/mol. The van der Waals surface area contributed by atoms with Gasteiger partial charge in [-0.05, 0) is 25.1 Å². The zero-order valence-electron chi connectivity index (χ0n) is 13.5. The van der Waals surface area contributed by atoms with Crippen molar-refractivity contribution in [2.75, 3.05) is 14.2 Å². The van der Waals surface area contributed by atoms with Crippen molar-refractivity contribution in [3.8, 4) is 5.75 Å². The number of methoxy groups -OCH3 is 1. The molecule has 0 radical (unpaired) electrons. The maximum absolute atomic E-state index is 12.5. The molecule has 2 aromatic rings. The summed E-state index contributed by atoms with van der Waals surface area (Å²) in [6.45, 7) is 1.81. The summed E-state index contributed by atoms with van der Waals surface area (Å²) in [6, 6.07) is 8.86. The number of hydrogen-bond donors (Lipinski definition) is 0. The van der Waals surface area contributed by atoms with Gasteiger partial charge in [0.2, 0.25) is 0 Å². The third kappa shape index (κ3) is 3.67. The average molecular weight is 338 g/mol. The quantitative estimate of drug-likeness (QED) is 0.848. The van der Waals surface area contributed by atoms with Crippen LogP contribution in [-0.2, 0) is 6.18 Å². The van der Waals surface area contributed by atoms with Crippen molar-refractivity contribution in [1.82, 2.24) is 9.88 Å². The predicted octanol–water partition coefficient (Wildman–Crippen LogP) is 3.94. The van der Waals surface area contributed by atoms with Crippen molar-refractivity contribution in [3.63, 3.8) is 0 Å². The molecule has 1 aromatic heterocycles. The SMILES string of the molecule is COc1ccccc1C(C)N(C)C(=O)c1ccc(C(F)(F)F)nc1. The molecule has 128 valence electrons. The van der Waals surface area contributed by atoms with Crippen molar-refractivity contribution >= 4 is 5.91 Å². The lowest BCUT2D eigenvalue weighted by molar-refractivity contribution is -0.141. The highest BCUT2D eigenvalue weighted by atomic mass is 19.4. The van der Waals surface area contributed by atoms with Crippen LogP contribution in [0.2, 0.25) is 0 Å². The van der Waals surface area contributed by atoms with Gasteiger partial charge in [0.05, 0.1) is 18.7 Å². The van der Waals surface area contributed by atoms with E-state index in [2.05, 4.69) is 4.98 Å². The van der Waals surface area contributed by atoms with E-state index in [4.69, 9.17) is 4.74 Å². The molecule has 1 heterocycles. The topological polar surface area (TPSA) is 42.4 Å². The van der Waals surface area contributed by atoms with E-state index in [0.29, 0.717) is 5.75 Å². The van der Waals surface area contributed by atoms with Gasteiger partial charge < -0.3 is 9.64 Å². The minimum Gasteiger partial charge on any atom is -0.496 e. The first kappa shape index (κ1) is 17.8. The van der Waals surface area contributed by atoms with Crippen LogP contribution in [0.15, 0.2) is 42.6 Å². The number of nitrogens with zero attached hydrogens (tertiary/aromatic N) is 2. The Hall–Kier alpha value is -2.57. The van der Waals surface area contributed by atoms with Gasteiger partial charge in [0.1, 0.15) is 11.4 Å². The number of carbonyl (C=O) groups excluding carboxylic acids is 1. The van der Waals surface area contributed by atoms with Crippen LogP contribution in [0.3, 0.4) is 0 Å². The van der Waals surface area contributed by atoms with E-state index in [1.807, 2.05) is 25.1 Å². The van der Waals surface area contributed by atoms with E-state index in [0.717, 1.165) is 23.9 Å². The van der Waals surface area contributed by atoms with E-state index >= 15 is 0 Å². The maximum Gasteiger partial charge on any atom is 0.433 e. The standard InChI is InChI=1S/C17H17F3N2O2/c1-11(13-6-4-5-7-14(13)24-3)22(2)16(23)12-8-9-15(21-10-12)17(18,19)20/h4-11H,1-3H3. The van der Waals surface area contributed by atoms with Crippen LogP contribution < -0.4 is 4.74 Å². The summed E-state index contributed by atoms with van der Waals surface area (Å²) < 4.78 is 42.9. The second kappa shape index (κ2) is 6.90. The fourth-order valence-electron chi connectivity index (χ4n) is 2.29. The van der Waals surface area contributed by atoms with E-state index in [-0.39, 0.29) is 11.6 Å². The number of halogens is 3. The fourth-order valence-corrected chi connectivity index (χ4v) is 2.29.